The molecule has 6 nitrogen and oxygen atoms in total. The van der Waals surface area contributed by atoms with E-state index >= 15 is 0 Å². The number of benzene rings is 2. The van der Waals surface area contributed by atoms with Gasteiger partial charge in [-0.2, -0.15) is 10.5 Å². The van der Waals surface area contributed by atoms with Crippen molar-refractivity contribution in [2.75, 3.05) is 19.0 Å². The molecule has 1 N–H and O–H groups in total. The molecule has 0 aliphatic rings. The van der Waals surface area contributed by atoms with Gasteiger partial charge in [-0.05, 0) is 48.0 Å². The molecule has 0 bridgehead atoms. The Bertz CT molecular complexity index is 909. The molecule has 0 unspecified atom stereocenters. The molecule has 0 fully saturated rings. The highest BCUT2D eigenvalue weighted by Gasteiger charge is 2.11. The van der Waals surface area contributed by atoms with Gasteiger partial charge >= 0.3 is 0 Å². The Morgan fingerprint density at radius 3 is 2.54 bits per heavy atom. The van der Waals surface area contributed by atoms with Crippen LogP contribution in [0.4, 0.5) is 10.1 Å². The smallest absolute Gasteiger partial charge is 0.266 e. The molecule has 2 aromatic rings. The summed E-state index contributed by atoms with van der Waals surface area (Å²) >= 11 is 0. The Hall–Kier alpha value is -3.84. The quantitative estimate of drug-likeness (QED) is 0.636. The number of anilines is 1. The fourth-order valence-electron chi connectivity index (χ4n) is 2.05. The monoisotopic (exact) mass is 351 g/mol. The van der Waals surface area contributed by atoms with Gasteiger partial charge in [0.1, 0.15) is 23.5 Å². The minimum atomic E-state index is -0.622. The lowest BCUT2D eigenvalue weighted by Gasteiger charge is -2.09. The summed E-state index contributed by atoms with van der Waals surface area (Å²) in [6, 6.07) is 13.7. The maximum Gasteiger partial charge on any atom is 0.266 e. The third-order valence-electron chi connectivity index (χ3n) is 3.26. The van der Waals surface area contributed by atoms with Gasteiger partial charge in [-0.25, -0.2) is 4.39 Å². The first-order chi connectivity index (χ1) is 12.6. The van der Waals surface area contributed by atoms with Gasteiger partial charge in [-0.15, -0.1) is 0 Å². The van der Waals surface area contributed by atoms with Gasteiger partial charge in [0.2, 0.25) is 0 Å². The zero-order valence-corrected chi connectivity index (χ0v) is 13.8. The third kappa shape index (κ3) is 4.83. The molecule has 7 heteroatoms. The van der Waals surface area contributed by atoms with E-state index in [1.165, 1.54) is 37.5 Å². The third-order valence-corrected chi connectivity index (χ3v) is 3.26. The maximum absolute atomic E-state index is 12.9. The Kier molecular flexibility index (Phi) is 6.30. The van der Waals surface area contributed by atoms with Crippen molar-refractivity contribution in [3.05, 3.63) is 59.4 Å². The second-order valence-corrected chi connectivity index (χ2v) is 4.99. The number of methoxy groups -OCH3 is 1. The molecule has 0 heterocycles. The number of ether oxygens (including phenoxy) is 2. The summed E-state index contributed by atoms with van der Waals surface area (Å²) in [6.07, 6.45) is 1.38. The van der Waals surface area contributed by atoms with Crippen molar-refractivity contribution < 1.29 is 18.7 Å². The fourth-order valence-corrected chi connectivity index (χ4v) is 2.05. The van der Waals surface area contributed by atoms with Gasteiger partial charge in [-0.3, -0.25) is 4.79 Å². The number of nitrogens with zero attached hydrogens (tertiary/aromatic N) is 2. The van der Waals surface area contributed by atoms with Crippen LogP contribution in [0.25, 0.3) is 6.08 Å². The Balaban J connectivity index is 2.22. The molecular weight excluding hydrogens is 337 g/mol. The topological polar surface area (TPSA) is 95.1 Å². The Labute approximate surface area is 149 Å². The molecule has 0 saturated carbocycles. The highest BCUT2D eigenvalue weighted by molar-refractivity contribution is 6.09. The van der Waals surface area contributed by atoms with E-state index in [1.807, 2.05) is 12.1 Å². The van der Waals surface area contributed by atoms with Crippen molar-refractivity contribution >= 4 is 17.7 Å². The molecule has 0 aromatic heterocycles. The zero-order chi connectivity index (χ0) is 18.9. The fraction of sp³-hybridized carbons (Fsp3) is 0.105. The molecular formula is C19H14FN3O3. The van der Waals surface area contributed by atoms with Crippen molar-refractivity contribution in [3.63, 3.8) is 0 Å². The molecule has 0 aliphatic heterocycles. The summed E-state index contributed by atoms with van der Waals surface area (Å²) in [6.45, 7) is -0.130. The summed E-state index contributed by atoms with van der Waals surface area (Å²) in [4.78, 5) is 12.2. The number of hydrogen-bond donors (Lipinski definition) is 1. The van der Waals surface area contributed by atoms with Crippen molar-refractivity contribution in [2.24, 2.45) is 0 Å². The molecule has 2 aromatic carbocycles. The van der Waals surface area contributed by atoms with Gasteiger partial charge in [0.05, 0.1) is 7.11 Å². The molecule has 0 aliphatic carbocycles. The summed E-state index contributed by atoms with van der Waals surface area (Å²) in [7, 11) is 1.44. The van der Waals surface area contributed by atoms with E-state index in [4.69, 9.17) is 14.7 Å². The van der Waals surface area contributed by atoms with Crippen molar-refractivity contribution in [1.29, 1.82) is 10.5 Å². The van der Waals surface area contributed by atoms with Gasteiger partial charge in [-0.1, -0.05) is 6.07 Å². The normalized spacial score (nSPS) is 10.4. The number of hydrogen-bond acceptors (Lipinski definition) is 5. The second kappa shape index (κ2) is 8.86. The van der Waals surface area contributed by atoms with Crippen LogP contribution in [0, 0.1) is 28.5 Å². The van der Waals surface area contributed by atoms with Crippen LogP contribution in [0.2, 0.25) is 0 Å². The number of nitrogens with one attached hydrogen (secondary N) is 1. The first kappa shape index (κ1) is 18.5. The summed E-state index contributed by atoms with van der Waals surface area (Å²) < 4.78 is 23.3. The predicted octanol–water partition coefficient (Wildman–Crippen LogP) is 3.28. The Morgan fingerprint density at radius 2 is 1.92 bits per heavy atom. The molecule has 130 valence electrons. The lowest BCUT2D eigenvalue weighted by Crippen LogP contribution is -2.13. The summed E-state index contributed by atoms with van der Waals surface area (Å²) in [5.41, 5.74) is 0.773. The van der Waals surface area contributed by atoms with Crippen LogP contribution in [0.15, 0.2) is 48.0 Å². The van der Waals surface area contributed by atoms with E-state index < -0.39 is 11.7 Å². The molecule has 1 amide bonds. The Morgan fingerprint density at radius 1 is 1.19 bits per heavy atom. The first-order valence-corrected chi connectivity index (χ1v) is 7.44. The van der Waals surface area contributed by atoms with Crippen molar-refractivity contribution in [2.45, 2.75) is 0 Å². The number of carbonyl (C=O) groups is 1. The van der Waals surface area contributed by atoms with Crippen LogP contribution in [0.1, 0.15) is 5.56 Å². The molecule has 2 rings (SSSR count). The zero-order valence-electron chi connectivity index (χ0n) is 13.8. The number of nitriles is 2. The number of carbonyl (C=O) groups excluding carboxylic acids is 1. The van der Waals surface area contributed by atoms with E-state index in [9.17, 15) is 14.4 Å². The predicted molar refractivity (Wildman–Crippen MR) is 92.7 cm³/mol. The van der Waals surface area contributed by atoms with Crippen molar-refractivity contribution in [3.8, 4) is 23.6 Å². The van der Waals surface area contributed by atoms with Crippen LogP contribution in [0.5, 0.6) is 11.5 Å². The van der Waals surface area contributed by atoms with Gasteiger partial charge < -0.3 is 14.8 Å². The van der Waals surface area contributed by atoms with Crippen LogP contribution < -0.4 is 14.8 Å². The van der Waals surface area contributed by atoms with Crippen LogP contribution in [-0.4, -0.2) is 19.6 Å². The second-order valence-electron chi connectivity index (χ2n) is 4.99. The van der Waals surface area contributed by atoms with Crippen LogP contribution in [-0.2, 0) is 4.79 Å². The molecule has 26 heavy (non-hydrogen) atoms. The first-order valence-electron chi connectivity index (χ1n) is 7.44. The van der Waals surface area contributed by atoms with E-state index in [0.717, 1.165) is 0 Å². The standard InChI is InChI=1S/C19H14FN3O3/c1-25-18-11-13(2-7-17(18)26-9-8-21)10-14(12-22)19(24)23-16-5-3-15(20)4-6-16/h2-7,10-11H,9H2,1H3,(H,23,24)/b14-10-. The highest BCUT2D eigenvalue weighted by Crippen LogP contribution is 2.29. The average Bonchev–Trinajstić information content (AvgIpc) is 2.66. The van der Waals surface area contributed by atoms with Crippen molar-refractivity contribution in [1.82, 2.24) is 0 Å². The lowest BCUT2D eigenvalue weighted by molar-refractivity contribution is -0.112. The molecule has 0 radical (unpaired) electrons. The minimum Gasteiger partial charge on any atom is -0.493 e. The van der Waals surface area contributed by atoms with Crippen LogP contribution >= 0.6 is 0 Å². The number of rotatable bonds is 6. The molecule has 0 saturated heterocycles. The lowest BCUT2D eigenvalue weighted by atomic mass is 10.1. The van der Waals surface area contributed by atoms with E-state index in [1.54, 1.807) is 18.2 Å². The number of amides is 1. The minimum absolute atomic E-state index is 0.130. The van der Waals surface area contributed by atoms with E-state index in [2.05, 4.69) is 5.32 Å². The summed E-state index contributed by atoms with van der Waals surface area (Å²) in [5, 5.41) is 20.3. The maximum atomic E-state index is 12.9. The van der Waals surface area contributed by atoms with E-state index in [-0.39, 0.29) is 12.2 Å². The van der Waals surface area contributed by atoms with Gasteiger partial charge in [0.25, 0.3) is 5.91 Å². The SMILES string of the molecule is COc1cc(/C=C(/C#N)C(=O)Nc2ccc(F)cc2)ccc1OCC#N. The highest BCUT2D eigenvalue weighted by atomic mass is 19.1. The molecule has 0 spiro atoms. The summed E-state index contributed by atoms with van der Waals surface area (Å²) in [5.74, 6) is -0.307. The van der Waals surface area contributed by atoms with Gasteiger partial charge in [0.15, 0.2) is 18.1 Å². The largest absolute Gasteiger partial charge is 0.493 e. The van der Waals surface area contributed by atoms with Gasteiger partial charge in [0, 0.05) is 5.69 Å². The average molecular weight is 351 g/mol. The number of halogens is 1. The van der Waals surface area contributed by atoms with Crippen LogP contribution in [0.3, 0.4) is 0 Å². The van der Waals surface area contributed by atoms with E-state index in [0.29, 0.717) is 22.7 Å². The molecule has 0 atom stereocenters.